The minimum atomic E-state index is -0.417. The molecule has 0 aromatic carbocycles. The molecule has 1 unspecified atom stereocenters. The van der Waals surface area contributed by atoms with Gasteiger partial charge in [0, 0.05) is 4.88 Å². The molecule has 16 heavy (non-hydrogen) atoms. The van der Waals surface area contributed by atoms with Crippen molar-refractivity contribution in [1.29, 1.82) is 0 Å². The van der Waals surface area contributed by atoms with Crippen molar-refractivity contribution < 1.29 is 4.79 Å². The third kappa shape index (κ3) is 2.24. The van der Waals surface area contributed by atoms with Gasteiger partial charge in [-0.3, -0.25) is 4.79 Å². The van der Waals surface area contributed by atoms with Gasteiger partial charge in [-0.05, 0) is 24.8 Å². The summed E-state index contributed by atoms with van der Waals surface area (Å²) in [6, 6.07) is 3.89. The third-order valence-corrected chi connectivity index (χ3v) is 5.78. The molecular formula is C10H10Br2N2OS. The Morgan fingerprint density at radius 3 is 2.88 bits per heavy atom. The van der Waals surface area contributed by atoms with Gasteiger partial charge in [-0.15, -0.1) is 11.3 Å². The van der Waals surface area contributed by atoms with E-state index < -0.39 is 5.41 Å². The summed E-state index contributed by atoms with van der Waals surface area (Å²) in [5.74, 6) is -0.0749. The lowest BCUT2D eigenvalue weighted by atomic mass is 10.1. The van der Waals surface area contributed by atoms with E-state index in [0.29, 0.717) is 0 Å². The molecule has 0 aliphatic heterocycles. The average molecular weight is 366 g/mol. The summed E-state index contributed by atoms with van der Waals surface area (Å²) in [6.07, 6.45) is 2.42. The van der Waals surface area contributed by atoms with Crippen LogP contribution in [0.25, 0.3) is 0 Å². The number of hydrazone groups is 1. The van der Waals surface area contributed by atoms with E-state index in [-0.39, 0.29) is 9.14 Å². The Morgan fingerprint density at radius 1 is 1.69 bits per heavy atom. The van der Waals surface area contributed by atoms with Gasteiger partial charge in [-0.25, -0.2) is 5.43 Å². The molecule has 1 aromatic rings. The Balaban J connectivity index is 1.90. The van der Waals surface area contributed by atoms with E-state index in [1.54, 1.807) is 17.6 Å². The van der Waals surface area contributed by atoms with E-state index in [1.165, 1.54) is 0 Å². The molecule has 0 spiro atoms. The van der Waals surface area contributed by atoms with Gasteiger partial charge in [0.15, 0.2) is 0 Å². The lowest BCUT2D eigenvalue weighted by Crippen LogP contribution is -2.29. The first kappa shape index (κ1) is 12.3. The number of carbonyl (C=O) groups excluding carboxylic acids is 1. The minimum Gasteiger partial charge on any atom is -0.272 e. The van der Waals surface area contributed by atoms with Gasteiger partial charge >= 0.3 is 0 Å². The van der Waals surface area contributed by atoms with Gasteiger partial charge in [0.2, 0.25) is 5.91 Å². The SMILES string of the molecule is CC1(C(=O)N/N=C\c2cccs2)CC1(Br)Br. The highest BCUT2D eigenvalue weighted by Crippen LogP contribution is 2.66. The minimum absolute atomic E-state index is 0.0749. The lowest BCUT2D eigenvalue weighted by Gasteiger charge is -2.09. The molecule has 6 heteroatoms. The van der Waals surface area contributed by atoms with E-state index in [9.17, 15) is 4.79 Å². The second-order valence-corrected chi connectivity index (χ2v) is 8.68. The van der Waals surface area contributed by atoms with Crippen LogP contribution in [0, 0.1) is 5.41 Å². The molecule has 1 aliphatic carbocycles. The Hall–Kier alpha value is -0.200. The fraction of sp³-hybridized carbons (Fsp3) is 0.400. The number of hydrogen-bond acceptors (Lipinski definition) is 3. The molecule has 1 saturated carbocycles. The largest absolute Gasteiger partial charge is 0.272 e. The molecular weight excluding hydrogens is 356 g/mol. The summed E-state index contributed by atoms with van der Waals surface area (Å²) in [5.41, 5.74) is 2.14. The molecule has 3 nitrogen and oxygen atoms in total. The fourth-order valence-electron chi connectivity index (χ4n) is 1.29. The number of carbonyl (C=O) groups is 1. The number of thiophene rings is 1. The van der Waals surface area contributed by atoms with Gasteiger partial charge in [0.05, 0.1) is 14.9 Å². The maximum Gasteiger partial charge on any atom is 0.248 e. The summed E-state index contributed by atoms with van der Waals surface area (Å²) in [7, 11) is 0. The number of alkyl halides is 2. The van der Waals surface area contributed by atoms with Crippen LogP contribution in [0.3, 0.4) is 0 Å². The predicted octanol–water partition coefficient (Wildman–Crippen LogP) is 3.09. The van der Waals surface area contributed by atoms with Crippen molar-refractivity contribution in [2.75, 3.05) is 0 Å². The number of nitrogens with zero attached hydrogens (tertiary/aromatic N) is 1. The Bertz CT molecular complexity index is 430. The van der Waals surface area contributed by atoms with Gasteiger partial charge in [0.25, 0.3) is 0 Å². The van der Waals surface area contributed by atoms with E-state index in [0.717, 1.165) is 11.3 Å². The number of hydrogen-bond donors (Lipinski definition) is 1. The fourth-order valence-corrected chi connectivity index (χ4v) is 3.36. The maximum absolute atomic E-state index is 11.8. The Labute approximate surface area is 115 Å². The number of rotatable bonds is 3. The molecule has 0 radical (unpaired) electrons. The van der Waals surface area contributed by atoms with Crippen molar-refractivity contribution in [3.63, 3.8) is 0 Å². The highest BCUT2D eigenvalue weighted by atomic mass is 79.9. The quantitative estimate of drug-likeness (QED) is 0.499. The molecule has 86 valence electrons. The standard InChI is InChI=1S/C10H10Br2N2OS/c1-9(6-10(9,11)12)8(15)14-13-5-7-3-2-4-16-7/h2-5H,6H2,1H3,(H,14,15)/b13-5-. The van der Waals surface area contributed by atoms with Crippen LogP contribution in [0.1, 0.15) is 18.2 Å². The van der Waals surface area contributed by atoms with Crippen LogP contribution in [0.2, 0.25) is 0 Å². The van der Waals surface area contributed by atoms with E-state index in [4.69, 9.17) is 0 Å². The maximum atomic E-state index is 11.8. The van der Waals surface area contributed by atoms with Crippen LogP contribution in [-0.2, 0) is 4.79 Å². The molecule has 1 N–H and O–H groups in total. The van der Waals surface area contributed by atoms with Crippen molar-refractivity contribution in [3.05, 3.63) is 22.4 Å². The molecule has 1 heterocycles. The van der Waals surface area contributed by atoms with Crippen molar-refractivity contribution in [2.24, 2.45) is 10.5 Å². The van der Waals surface area contributed by atoms with E-state index >= 15 is 0 Å². The van der Waals surface area contributed by atoms with E-state index in [2.05, 4.69) is 42.4 Å². The summed E-state index contributed by atoms with van der Waals surface area (Å²) in [4.78, 5) is 12.8. The van der Waals surface area contributed by atoms with Crippen molar-refractivity contribution in [1.82, 2.24) is 5.43 Å². The second-order valence-electron chi connectivity index (χ2n) is 3.93. The van der Waals surface area contributed by atoms with Gasteiger partial charge < -0.3 is 0 Å². The monoisotopic (exact) mass is 364 g/mol. The molecule has 0 saturated heterocycles. The normalized spacial score (nSPS) is 26.9. The van der Waals surface area contributed by atoms with Crippen LogP contribution in [0.4, 0.5) is 0 Å². The van der Waals surface area contributed by atoms with Crippen LogP contribution in [0.15, 0.2) is 22.6 Å². The summed E-state index contributed by atoms with van der Waals surface area (Å²) in [6.45, 7) is 1.90. The molecule has 1 amide bonds. The third-order valence-electron chi connectivity index (χ3n) is 2.66. The Morgan fingerprint density at radius 2 is 2.38 bits per heavy atom. The van der Waals surface area contributed by atoms with Crippen LogP contribution in [0.5, 0.6) is 0 Å². The average Bonchev–Trinajstić information content (AvgIpc) is 2.64. The van der Waals surface area contributed by atoms with Gasteiger partial charge in [0.1, 0.15) is 0 Å². The van der Waals surface area contributed by atoms with Crippen molar-refractivity contribution in [2.45, 2.75) is 16.6 Å². The smallest absolute Gasteiger partial charge is 0.248 e. The zero-order valence-corrected chi connectivity index (χ0v) is 12.5. The molecule has 0 bridgehead atoms. The first-order valence-electron chi connectivity index (χ1n) is 4.70. The Kier molecular flexibility index (Phi) is 3.25. The number of amides is 1. The van der Waals surface area contributed by atoms with Gasteiger partial charge in [-0.1, -0.05) is 37.9 Å². The molecule has 1 aromatic heterocycles. The first-order chi connectivity index (χ1) is 7.46. The molecule has 1 aliphatic rings. The summed E-state index contributed by atoms with van der Waals surface area (Å²) >= 11 is 8.47. The van der Waals surface area contributed by atoms with E-state index in [1.807, 2.05) is 24.4 Å². The van der Waals surface area contributed by atoms with Gasteiger partial charge in [-0.2, -0.15) is 5.10 Å². The highest BCUT2D eigenvalue weighted by Gasteiger charge is 2.66. The van der Waals surface area contributed by atoms with Crippen molar-refractivity contribution >= 4 is 55.3 Å². The molecule has 1 atom stereocenters. The summed E-state index contributed by atoms with van der Waals surface area (Å²) < 4.78 is -0.268. The molecule has 2 rings (SSSR count). The van der Waals surface area contributed by atoms with Crippen molar-refractivity contribution in [3.8, 4) is 0 Å². The highest BCUT2D eigenvalue weighted by molar-refractivity contribution is 9.25. The second kappa shape index (κ2) is 4.23. The van der Waals surface area contributed by atoms with Crippen LogP contribution in [-0.4, -0.2) is 15.4 Å². The number of halogens is 2. The topological polar surface area (TPSA) is 41.5 Å². The van der Waals surface area contributed by atoms with Crippen LogP contribution < -0.4 is 5.43 Å². The zero-order chi connectivity index (χ0) is 11.8. The zero-order valence-electron chi connectivity index (χ0n) is 8.54. The molecule has 1 fully saturated rings. The predicted molar refractivity (Wildman–Crippen MR) is 73.4 cm³/mol. The number of nitrogens with one attached hydrogen (secondary N) is 1. The summed E-state index contributed by atoms with van der Waals surface area (Å²) in [5, 5.41) is 5.90. The first-order valence-corrected chi connectivity index (χ1v) is 7.17. The van der Waals surface area contributed by atoms with Crippen LogP contribution >= 0.6 is 43.2 Å². The lowest BCUT2D eigenvalue weighted by molar-refractivity contribution is -0.125.